The fourth-order valence-electron chi connectivity index (χ4n) is 5.04. The molecule has 0 radical (unpaired) electrons. The zero-order chi connectivity index (χ0) is 14.9. The maximum Gasteiger partial charge on any atom is 0.257 e. The highest BCUT2D eigenvalue weighted by Crippen LogP contribution is 2.75. The van der Waals surface area contributed by atoms with Gasteiger partial charge in [0.05, 0.1) is 12.3 Å². The van der Waals surface area contributed by atoms with Crippen LogP contribution >= 0.6 is 15.9 Å². The van der Waals surface area contributed by atoms with E-state index in [0.717, 1.165) is 29.6 Å². The van der Waals surface area contributed by atoms with Crippen LogP contribution in [0.3, 0.4) is 0 Å². The largest absolute Gasteiger partial charge is 0.364 e. The first kappa shape index (κ1) is 13.8. The van der Waals surface area contributed by atoms with Crippen LogP contribution in [0.15, 0.2) is 28.7 Å². The van der Waals surface area contributed by atoms with E-state index in [-0.39, 0.29) is 16.7 Å². The van der Waals surface area contributed by atoms with Gasteiger partial charge in [-0.3, -0.25) is 4.79 Å². The van der Waals surface area contributed by atoms with Crippen molar-refractivity contribution in [2.75, 3.05) is 11.9 Å². The average Bonchev–Trinajstić information content (AvgIpc) is 2.93. The Kier molecular flexibility index (Phi) is 2.69. The molecule has 1 amide bonds. The van der Waals surface area contributed by atoms with Gasteiger partial charge in [-0.05, 0) is 53.2 Å². The fraction of sp³-hybridized carbons (Fsp3) is 0.588. The number of anilines is 1. The smallest absolute Gasteiger partial charge is 0.257 e. The fourth-order valence-corrected chi connectivity index (χ4v) is 5.43. The van der Waals surface area contributed by atoms with Crippen LogP contribution in [0, 0.1) is 16.7 Å². The third kappa shape index (κ3) is 1.45. The van der Waals surface area contributed by atoms with Crippen LogP contribution < -0.4 is 5.32 Å². The molecule has 1 heterocycles. The number of carbonyl (C=O) groups excluding carboxylic acids is 1. The summed E-state index contributed by atoms with van der Waals surface area (Å²) >= 11 is 3.49. The third-order valence-corrected chi connectivity index (χ3v) is 7.38. The molecule has 1 aliphatic heterocycles. The van der Waals surface area contributed by atoms with Gasteiger partial charge in [0.2, 0.25) is 0 Å². The minimum Gasteiger partial charge on any atom is -0.364 e. The molecule has 4 atom stereocenters. The van der Waals surface area contributed by atoms with Gasteiger partial charge in [0.15, 0.2) is 5.60 Å². The van der Waals surface area contributed by atoms with Crippen molar-refractivity contribution in [1.82, 2.24) is 0 Å². The van der Waals surface area contributed by atoms with Crippen molar-refractivity contribution in [2.24, 2.45) is 16.7 Å². The second kappa shape index (κ2) is 4.11. The van der Waals surface area contributed by atoms with E-state index in [1.165, 1.54) is 6.42 Å². The summed E-state index contributed by atoms with van der Waals surface area (Å²) in [4.78, 5) is 13.0. The van der Waals surface area contributed by atoms with Crippen LogP contribution in [0.5, 0.6) is 0 Å². The van der Waals surface area contributed by atoms with Gasteiger partial charge in [-0.25, -0.2) is 0 Å². The molecule has 0 aromatic heterocycles. The number of para-hydroxylation sites is 1. The molecule has 0 unspecified atom stereocenters. The molecule has 112 valence electrons. The van der Waals surface area contributed by atoms with Gasteiger partial charge >= 0.3 is 0 Å². The summed E-state index contributed by atoms with van der Waals surface area (Å²) < 4.78 is 7.03. The van der Waals surface area contributed by atoms with Gasteiger partial charge in [0.25, 0.3) is 5.91 Å². The molecule has 3 nitrogen and oxygen atoms in total. The highest BCUT2D eigenvalue weighted by Gasteiger charge is 2.78. The lowest BCUT2D eigenvalue weighted by molar-refractivity contribution is -0.149. The van der Waals surface area contributed by atoms with E-state index >= 15 is 0 Å². The van der Waals surface area contributed by atoms with E-state index in [4.69, 9.17) is 4.74 Å². The molecule has 3 fully saturated rings. The summed E-state index contributed by atoms with van der Waals surface area (Å²) in [5.74, 6) is 0.657. The average molecular weight is 350 g/mol. The first-order valence-electron chi connectivity index (χ1n) is 7.63. The van der Waals surface area contributed by atoms with Gasteiger partial charge in [0, 0.05) is 15.3 Å². The van der Waals surface area contributed by atoms with E-state index in [9.17, 15) is 4.79 Å². The SMILES string of the molecule is C[C@@]12CC[C@H]3C[C@@]1(C(=O)Nc1ccccc1Br)OC[C@@]32C. The quantitative estimate of drug-likeness (QED) is 0.876. The summed E-state index contributed by atoms with van der Waals surface area (Å²) in [5.41, 5.74) is 0.314. The molecule has 1 aromatic rings. The summed E-state index contributed by atoms with van der Waals surface area (Å²) in [6.45, 7) is 5.29. The number of ether oxygens (including phenoxy) is 1. The van der Waals surface area contributed by atoms with Crippen molar-refractivity contribution < 1.29 is 9.53 Å². The number of rotatable bonds is 2. The predicted octanol–water partition coefficient (Wildman–Crippen LogP) is 3.98. The molecule has 1 aromatic carbocycles. The van der Waals surface area contributed by atoms with Crippen molar-refractivity contribution in [1.29, 1.82) is 0 Å². The normalized spacial score (nSPS) is 43.3. The molecule has 2 saturated carbocycles. The molecule has 4 rings (SSSR count). The van der Waals surface area contributed by atoms with E-state index in [1.54, 1.807) is 0 Å². The second-order valence-electron chi connectivity index (χ2n) is 7.24. The summed E-state index contributed by atoms with van der Waals surface area (Å²) in [6, 6.07) is 7.73. The molecule has 4 heteroatoms. The number of halogens is 1. The van der Waals surface area contributed by atoms with Crippen LogP contribution in [-0.2, 0) is 9.53 Å². The zero-order valence-electron chi connectivity index (χ0n) is 12.4. The van der Waals surface area contributed by atoms with Gasteiger partial charge in [-0.2, -0.15) is 0 Å². The topological polar surface area (TPSA) is 38.3 Å². The Hall–Kier alpha value is -0.870. The lowest BCUT2D eigenvalue weighted by Crippen LogP contribution is -2.52. The lowest BCUT2D eigenvalue weighted by atomic mass is 9.66. The highest BCUT2D eigenvalue weighted by atomic mass is 79.9. The zero-order valence-corrected chi connectivity index (χ0v) is 14.0. The van der Waals surface area contributed by atoms with Gasteiger partial charge < -0.3 is 10.1 Å². The maximum absolute atomic E-state index is 13.0. The molecule has 0 spiro atoms. The Bertz CT molecular complexity index is 633. The van der Waals surface area contributed by atoms with Crippen molar-refractivity contribution in [3.8, 4) is 0 Å². The first-order valence-corrected chi connectivity index (χ1v) is 8.42. The molecule has 1 N–H and O–H groups in total. The van der Waals surface area contributed by atoms with Crippen LogP contribution in [-0.4, -0.2) is 18.1 Å². The minimum absolute atomic E-state index is 0.0304. The van der Waals surface area contributed by atoms with Crippen molar-refractivity contribution >= 4 is 27.5 Å². The van der Waals surface area contributed by atoms with Gasteiger partial charge in [-0.15, -0.1) is 0 Å². The molecule has 2 aliphatic carbocycles. The molecule has 4 bridgehead atoms. The molecule has 1 saturated heterocycles. The Morgan fingerprint density at radius 2 is 2.14 bits per heavy atom. The Labute approximate surface area is 133 Å². The molecule has 3 aliphatic rings. The number of benzene rings is 1. The molecular weight excluding hydrogens is 330 g/mol. The number of nitrogens with one attached hydrogen (secondary N) is 1. The third-order valence-electron chi connectivity index (χ3n) is 6.69. The predicted molar refractivity (Wildman–Crippen MR) is 85.0 cm³/mol. The minimum atomic E-state index is -0.639. The number of amides is 1. The lowest BCUT2D eigenvalue weighted by Gasteiger charge is -2.40. The van der Waals surface area contributed by atoms with Crippen LogP contribution in [0.2, 0.25) is 0 Å². The van der Waals surface area contributed by atoms with E-state index in [1.807, 2.05) is 24.3 Å². The molecule has 21 heavy (non-hydrogen) atoms. The van der Waals surface area contributed by atoms with E-state index in [0.29, 0.717) is 5.92 Å². The summed E-state index contributed by atoms with van der Waals surface area (Å²) in [7, 11) is 0. The van der Waals surface area contributed by atoms with Crippen molar-refractivity contribution in [3.05, 3.63) is 28.7 Å². The number of carbonyl (C=O) groups is 1. The summed E-state index contributed by atoms with van der Waals surface area (Å²) in [5, 5.41) is 3.09. The van der Waals surface area contributed by atoms with E-state index < -0.39 is 5.60 Å². The van der Waals surface area contributed by atoms with Crippen molar-refractivity contribution in [2.45, 2.75) is 38.7 Å². The van der Waals surface area contributed by atoms with Crippen LogP contribution in [0.25, 0.3) is 0 Å². The van der Waals surface area contributed by atoms with E-state index in [2.05, 4.69) is 35.1 Å². The second-order valence-corrected chi connectivity index (χ2v) is 8.09. The van der Waals surface area contributed by atoms with Crippen LogP contribution in [0.4, 0.5) is 5.69 Å². The molecular formula is C17H20BrNO2. The summed E-state index contributed by atoms with van der Waals surface area (Å²) in [6.07, 6.45) is 3.20. The van der Waals surface area contributed by atoms with Gasteiger partial charge in [-0.1, -0.05) is 26.0 Å². The number of hydrogen-bond acceptors (Lipinski definition) is 2. The van der Waals surface area contributed by atoms with Gasteiger partial charge in [0.1, 0.15) is 0 Å². The van der Waals surface area contributed by atoms with Crippen molar-refractivity contribution in [3.63, 3.8) is 0 Å². The first-order chi connectivity index (χ1) is 9.93. The Balaban J connectivity index is 1.68. The Morgan fingerprint density at radius 3 is 2.81 bits per heavy atom. The highest BCUT2D eigenvalue weighted by molar-refractivity contribution is 9.10. The monoisotopic (exact) mass is 349 g/mol. The standard InChI is InChI=1S/C17H20BrNO2/c1-15-10-21-17(9-11(15)7-8-16(15,17)2)14(20)19-13-6-4-3-5-12(13)18/h3-6,11H,7-10H2,1-2H3,(H,19,20)/t11-,15-,16-,17-/m0/s1. The van der Waals surface area contributed by atoms with Crippen LogP contribution in [0.1, 0.15) is 33.1 Å². The number of hydrogen-bond donors (Lipinski definition) is 1. The maximum atomic E-state index is 13.0. The Morgan fingerprint density at radius 1 is 1.38 bits per heavy atom.